The molecule has 2 saturated carbocycles. The molecule has 25 heavy (non-hydrogen) atoms. The summed E-state index contributed by atoms with van der Waals surface area (Å²) in [6.45, 7) is 2.33. The summed E-state index contributed by atoms with van der Waals surface area (Å²) in [6, 6.07) is 8.14. The molecule has 0 amide bonds. The van der Waals surface area contributed by atoms with E-state index in [9.17, 15) is 9.90 Å². The zero-order chi connectivity index (χ0) is 17.4. The lowest BCUT2D eigenvalue weighted by Gasteiger charge is -2.51. The summed E-state index contributed by atoms with van der Waals surface area (Å²) in [7, 11) is 1.66. The van der Waals surface area contributed by atoms with E-state index in [1.165, 1.54) is 6.42 Å². The van der Waals surface area contributed by atoms with Gasteiger partial charge >= 0.3 is 5.97 Å². The van der Waals surface area contributed by atoms with Crippen molar-refractivity contribution in [3.63, 3.8) is 0 Å². The van der Waals surface area contributed by atoms with Crippen molar-refractivity contribution in [3.05, 3.63) is 42.0 Å². The highest BCUT2D eigenvalue weighted by Crippen LogP contribution is 2.79. The molecule has 5 rings (SSSR count). The number of hydrogen-bond acceptors (Lipinski definition) is 4. The van der Waals surface area contributed by atoms with Crippen LogP contribution in [-0.2, 0) is 14.9 Å². The lowest BCUT2D eigenvalue weighted by atomic mass is 9.52. The quantitative estimate of drug-likeness (QED) is 0.663. The minimum Gasteiger partial charge on any atom is -0.497 e. The van der Waals surface area contributed by atoms with Crippen molar-refractivity contribution in [3.8, 4) is 5.75 Å². The number of fused-ring (bicyclic) bond motifs is 2. The van der Waals surface area contributed by atoms with Gasteiger partial charge in [0.25, 0.3) is 0 Å². The average Bonchev–Trinajstić information content (AvgIpc) is 3.15. The minimum absolute atomic E-state index is 0.0669. The number of aliphatic hydroxyl groups excluding tert-OH is 1. The second-order valence-corrected chi connectivity index (χ2v) is 8.34. The molecule has 2 bridgehead atoms. The van der Waals surface area contributed by atoms with E-state index in [1.54, 1.807) is 7.11 Å². The summed E-state index contributed by atoms with van der Waals surface area (Å²) < 4.78 is 10.7. The van der Waals surface area contributed by atoms with Crippen molar-refractivity contribution < 1.29 is 19.4 Å². The fourth-order valence-corrected chi connectivity index (χ4v) is 6.88. The standard InChI is InChI=1S/C21H24O4/c1-19-9-3-4-10-20(19)11-12-21(19,13-5-7-14(24-2)8-6-13)16-15(20)17(22)25-18(16)23/h5-8,11-12,15-16,18,23H,3-4,9-10H2,1-2H3/t15-,16+,18+,19+,20-,21-/m1/s1. The fraction of sp³-hybridized carbons (Fsp3) is 0.571. The maximum Gasteiger partial charge on any atom is 0.312 e. The molecule has 0 unspecified atom stereocenters. The summed E-state index contributed by atoms with van der Waals surface area (Å²) in [5, 5.41) is 10.7. The van der Waals surface area contributed by atoms with Gasteiger partial charge in [-0.2, -0.15) is 0 Å². The number of carbonyl (C=O) groups is 1. The van der Waals surface area contributed by atoms with Crippen LogP contribution in [0, 0.1) is 22.7 Å². The van der Waals surface area contributed by atoms with E-state index in [-0.39, 0.29) is 34.1 Å². The number of methoxy groups -OCH3 is 1. The van der Waals surface area contributed by atoms with Crippen molar-refractivity contribution in [1.29, 1.82) is 0 Å². The van der Waals surface area contributed by atoms with Gasteiger partial charge in [-0.15, -0.1) is 0 Å². The van der Waals surface area contributed by atoms with Crippen molar-refractivity contribution in [1.82, 2.24) is 0 Å². The number of rotatable bonds is 2. The molecule has 4 nitrogen and oxygen atoms in total. The van der Waals surface area contributed by atoms with Crippen LogP contribution < -0.4 is 4.74 Å². The molecule has 4 heteroatoms. The summed E-state index contributed by atoms with van der Waals surface area (Å²) in [4.78, 5) is 12.7. The Labute approximate surface area is 147 Å². The van der Waals surface area contributed by atoms with Crippen molar-refractivity contribution in [2.24, 2.45) is 22.7 Å². The SMILES string of the molecule is COc1ccc([C@@]23C=C[C@]4(CCCC[C@@]42C)[C@H]2C(=O)O[C@H](O)[C@H]23)cc1. The van der Waals surface area contributed by atoms with Gasteiger partial charge in [-0.25, -0.2) is 0 Å². The molecule has 1 aromatic carbocycles. The third-order valence-electron chi connectivity index (χ3n) is 7.91. The number of allylic oxidation sites excluding steroid dienone is 2. The molecule has 1 heterocycles. The highest BCUT2D eigenvalue weighted by molar-refractivity contribution is 5.80. The Kier molecular flexibility index (Phi) is 2.89. The van der Waals surface area contributed by atoms with E-state index in [1.807, 2.05) is 12.1 Å². The maximum absolute atomic E-state index is 12.7. The Morgan fingerprint density at radius 2 is 1.88 bits per heavy atom. The molecule has 1 aromatic rings. The van der Waals surface area contributed by atoms with E-state index in [0.29, 0.717) is 0 Å². The third kappa shape index (κ3) is 1.48. The average molecular weight is 340 g/mol. The summed E-state index contributed by atoms with van der Waals surface area (Å²) >= 11 is 0. The zero-order valence-electron chi connectivity index (χ0n) is 14.7. The molecule has 3 fully saturated rings. The predicted molar refractivity (Wildman–Crippen MR) is 91.9 cm³/mol. The number of benzene rings is 1. The van der Waals surface area contributed by atoms with Gasteiger partial charge in [0.15, 0.2) is 0 Å². The van der Waals surface area contributed by atoms with Gasteiger partial charge in [0.2, 0.25) is 6.29 Å². The predicted octanol–water partition coefficient (Wildman–Crippen LogP) is 3.19. The Morgan fingerprint density at radius 1 is 1.16 bits per heavy atom. The number of hydrogen-bond donors (Lipinski definition) is 1. The first kappa shape index (κ1) is 15.4. The number of esters is 1. The molecular formula is C21H24O4. The largest absolute Gasteiger partial charge is 0.497 e. The lowest BCUT2D eigenvalue weighted by Crippen LogP contribution is -2.48. The first-order valence-electron chi connectivity index (χ1n) is 9.24. The number of carbonyl (C=O) groups excluding carboxylic acids is 1. The van der Waals surface area contributed by atoms with E-state index in [0.717, 1.165) is 30.6 Å². The van der Waals surface area contributed by atoms with Gasteiger partial charge < -0.3 is 14.6 Å². The molecule has 1 saturated heterocycles. The number of ether oxygens (including phenoxy) is 2. The van der Waals surface area contributed by atoms with Crippen LogP contribution in [0.1, 0.15) is 38.2 Å². The molecule has 0 spiro atoms. The van der Waals surface area contributed by atoms with Crippen molar-refractivity contribution >= 4 is 5.97 Å². The maximum atomic E-state index is 12.7. The number of cyclic esters (lactones) is 1. The topological polar surface area (TPSA) is 55.8 Å². The van der Waals surface area contributed by atoms with E-state index in [2.05, 4.69) is 31.2 Å². The second-order valence-electron chi connectivity index (χ2n) is 8.34. The van der Waals surface area contributed by atoms with Crippen LogP contribution in [0.3, 0.4) is 0 Å². The van der Waals surface area contributed by atoms with Gasteiger partial charge in [0.1, 0.15) is 5.75 Å². The van der Waals surface area contributed by atoms with Crippen LogP contribution in [0.2, 0.25) is 0 Å². The molecule has 4 aliphatic rings. The third-order valence-corrected chi connectivity index (χ3v) is 7.91. The molecule has 0 radical (unpaired) electrons. The minimum atomic E-state index is -1.02. The zero-order valence-corrected chi connectivity index (χ0v) is 14.7. The molecular weight excluding hydrogens is 316 g/mol. The number of aliphatic hydroxyl groups is 1. The highest BCUT2D eigenvalue weighted by atomic mass is 16.6. The van der Waals surface area contributed by atoms with Gasteiger partial charge in [-0.1, -0.05) is 44.1 Å². The molecule has 132 valence electrons. The first-order chi connectivity index (χ1) is 12.0. The molecule has 6 atom stereocenters. The van der Waals surface area contributed by atoms with Gasteiger partial charge in [-0.05, 0) is 36.0 Å². The van der Waals surface area contributed by atoms with E-state index in [4.69, 9.17) is 9.47 Å². The Bertz CT molecular complexity index is 769. The van der Waals surface area contributed by atoms with Crippen LogP contribution in [0.25, 0.3) is 0 Å². The van der Waals surface area contributed by atoms with Gasteiger partial charge in [0, 0.05) is 16.7 Å². The molecule has 3 aliphatic carbocycles. The van der Waals surface area contributed by atoms with Crippen LogP contribution in [-0.4, -0.2) is 24.5 Å². The van der Waals surface area contributed by atoms with Crippen LogP contribution in [0.5, 0.6) is 5.75 Å². The van der Waals surface area contributed by atoms with Crippen molar-refractivity contribution in [2.75, 3.05) is 7.11 Å². The van der Waals surface area contributed by atoms with Crippen molar-refractivity contribution in [2.45, 2.75) is 44.3 Å². The Balaban J connectivity index is 1.76. The first-order valence-corrected chi connectivity index (χ1v) is 9.24. The summed E-state index contributed by atoms with van der Waals surface area (Å²) in [6.07, 6.45) is 7.92. The van der Waals surface area contributed by atoms with E-state index < -0.39 is 6.29 Å². The normalized spacial score (nSPS) is 46.7. The molecule has 0 aromatic heterocycles. The Morgan fingerprint density at radius 3 is 2.60 bits per heavy atom. The van der Waals surface area contributed by atoms with Crippen LogP contribution in [0.4, 0.5) is 0 Å². The molecule has 1 aliphatic heterocycles. The summed E-state index contributed by atoms with van der Waals surface area (Å²) in [5.74, 6) is 0.155. The Hall–Kier alpha value is -1.81. The fourth-order valence-electron chi connectivity index (χ4n) is 6.88. The van der Waals surface area contributed by atoms with Crippen LogP contribution in [0.15, 0.2) is 36.4 Å². The van der Waals surface area contributed by atoms with Crippen LogP contribution >= 0.6 is 0 Å². The molecule has 1 N–H and O–H groups in total. The lowest BCUT2D eigenvalue weighted by molar-refractivity contribution is -0.164. The smallest absolute Gasteiger partial charge is 0.312 e. The summed E-state index contributed by atoms with van der Waals surface area (Å²) in [5.41, 5.74) is 0.531. The second kappa shape index (κ2) is 4.67. The van der Waals surface area contributed by atoms with Gasteiger partial charge in [-0.3, -0.25) is 4.79 Å². The van der Waals surface area contributed by atoms with Gasteiger partial charge in [0.05, 0.1) is 13.0 Å². The highest BCUT2D eigenvalue weighted by Gasteiger charge is 2.80. The monoisotopic (exact) mass is 340 g/mol. The van der Waals surface area contributed by atoms with E-state index >= 15 is 0 Å².